The van der Waals surface area contributed by atoms with Crippen LogP contribution < -0.4 is 0 Å². The van der Waals surface area contributed by atoms with E-state index in [2.05, 4.69) is 9.97 Å². The third-order valence-electron chi connectivity index (χ3n) is 2.66. The number of aromatic carboxylic acids is 1. The van der Waals surface area contributed by atoms with E-state index in [4.69, 9.17) is 5.11 Å². The number of hydrogen-bond donors (Lipinski definition) is 1. The van der Waals surface area contributed by atoms with Gasteiger partial charge in [-0.1, -0.05) is 19.1 Å². The van der Waals surface area contributed by atoms with Crippen LogP contribution in [0.2, 0.25) is 0 Å². The van der Waals surface area contributed by atoms with Crippen molar-refractivity contribution >= 4 is 5.97 Å². The van der Waals surface area contributed by atoms with Crippen molar-refractivity contribution in [3.8, 4) is 11.4 Å². The molecule has 92 valence electrons. The Hall–Kier alpha value is -2.23. The Kier molecular flexibility index (Phi) is 3.37. The SMILES string of the molecule is CCc1cc(C)nc(-c2ccc(C(=O)O)cc2)n1. The maximum atomic E-state index is 10.8. The van der Waals surface area contributed by atoms with Gasteiger partial charge in [0.1, 0.15) is 0 Å². The van der Waals surface area contributed by atoms with Gasteiger partial charge in [-0.25, -0.2) is 14.8 Å². The lowest BCUT2D eigenvalue weighted by molar-refractivity contribution is 0.0697. The van der Waals surface area contributed by atoms with Gasteiger partial charge in [0.25, 0.3) is 0 Å². The summed E-state index contributed by atoms with van der Waals surface area (Å²) in [4.78, 5) is 19.6. The number of carboxylic acids is 1. The molecule has 18 heavy (non-hydrogen) atoms. The summed E-state index contributed by atoms with van der Waals surface area (Å²) in [7, 11) is 0. The predicted molar refractivity (Wildman–Crippen MR) is 68.5 cm³/mol. The minimum atomic E-state index is -0.930. The molecular formula is C14H14N2O2. The normalized spacial score (nSPS) is 10.3. The highest BCUT2D eigenvalue weighted by molar-refractivity contribution is 5.88. The molecule has 0 atom stereocenters. The lowest BCUT2D eigenvalue weighted by Crippen LogP contribution is -1.98. The van der Waals surface area contributed by atoms with Gasteiger partial charge in [0.2, 0.25) is 0 Å². The van der Waals surface area contributed by atoms with Crippen molar-refractivity contribution in [2.75, 3.05) is 0 Å². The van der Waals surface area contributed by atoms with Gasteiger partial charge >= 0.3 is 5.97 Å². The van der Waals surface area contributed by atoms with E-state index in [9.17, 15) is 4.79 Å². The predicted octanol–water partition coefficient (Wildman–Crippen LogP) is 2.71. The summed E-state index contributed by atoms with van der Waals surface area (Å²) in [6.45, 7) is 3.97. The highest BCUT2D eigenvalue weighted by Crippen LogP contribution is 2.17. The molecule has 4 nitrogen and oxygen atoms in total. The van der Waals surface area contributed by atoms with E-state index >= 15 is 0 Å². The molecule has 0 radical (unpaired) electrons. The average Bonchev–Trinajstić information content (AvgIpc) is 2.38. The minimum Gasteiger partial charge on any atom is -0.478 e. The van der Waals surface area contributed by atoms with E-state index < -0.39 is 5.97 Å². The molecule has 0 bridgehead atoms. The Bertz CT molecular complexity index is 577. The highest BCUT2D eigenvalue weighted by Gasteiger charge is 2.06. The molecule has 0 spiro atoms. The zero-order valence-electron chi connectivity index (χ0n) is 10.3. The van der Waals surface area contributed by atoms with E-state index in [1.54, 1.807) is 24.3 Å². The van der Waals surface area contributed by atoms with Crippen LogP contribution in [0.3, 0.4) is 0 Å². The van der Waals surface area contributed by atoms with Gasteiger partial charge in [-0.3, -0.25) is 0 Å². The smallest absolute Gasteiger partial charge is 0.335 e. The Morgan fingerprint density at radius 1 is 1.22 bits per heavy atom. The second-order valence-electron chi connectivity index (χ2n) is 4.06. The topological polar surface area (TPSA) is 63.1 Å². The van der Waals surface area contributed by atoms with Gasteiger partial charge in [0.05, 0.1) is 5.56 Å². The van der Waals surface area contributed by atoms with Crippen molar-refractivity contribution in [1.29, 1.82) is 0 Å². The summed E-state index contributed by atoms with van der Waals surface area (Å²) in [6, 6.07) is 8.55. The average molecular weight is 242 g/mol. The molecule has 0 aliphatic carbocycles. The van der Waals surface area contributed by atoms with E-state index in [1.807, 2.05) is 19.9 Å². The second kappa shape index (κ2) is 4.96. The van der Waals surface area contributed by atoms with Gasteiger partial charge in [-0.15, -0.1) is 0 Å². The first-order valence-electron chi connectivity index (χ1n) is 5.78. The quantitative estimate of drug-likeness (QED) is 0.898. The molecular weight excluding hydrogens is 228 g/mol. The molecule has 1 N–H and O–H groups in total. The Morgan fingerprint density at radius 3 is 2.44 bits per heavy atom. The molecule has 0 unspecified atom stereocenters. The second-order valence-corrected chi connectivity index (χ2v) is 4.06. The maximum Gasteiger partial charge on any atom is 0.335 e. The maximum absolute atomic E-state index is 10.8. The third-order valence-corrected chi connectivity index (χ3v) is 2.66. The monoisotopic (exact) mass is 242 g/mol. The fraction of sp³-hybridized carbons (Fsp3) is 0.214. The van der Waals surface area contributed by atoms with Crippen molar-refractivity contribution < 1.29 is 9.90 Å². The minimum absolute atomic E-state index is 0.266. The Labute approximate surface area is 105 Å². The fourth-order valence-corrected chi connectivity index (χ4v) is 1.71. The lowest BCUT2D eigenvalue weighted by Gasteiger charge is -2.05. The van der Waals surface area contributed by atoms with Gasteiger partial charge in [0, 0.05) is 17.0 Å². The molecule has 0 amide bonds. The summed E-state index contributed by atoms with van der Waals surface area (Å²) < 4.78 is 0. The van der Waals surface area contributed by atoms with Crippen molar-refractivity contribution in [3.05, 3.63) is 47.3 Å². The Morgan fingerprint density at radius 2 is 1.89 bits per heavy atom. The molecule has 1 aromatic carbocycles. The first kappa shape index (κ1) is 12.2. The van der Waals surface area contributed by atoms with Crippen LogP contribution >= 0.6 is 0 Å². The zero-order chi connectivity index (χ0) is 13.1. The van der Waals surface area contributed by atoms with Crippen LogP contribution in [0.4, 0.5) is 0 Å². The van der Waals surface area contributed by atoms with Crippen molar-refractivity contribution in [2.45, 2.75) is 20.3 Å². The van der Waals surface area contributed by atoms with E-state index in [-0.39, 0.29) is 5.56 Å². The van der Waals surface area contributed by atoms with Crippen LogP contribution in [0.25, 0.3) is 11.4 Å². The molecule has 4 heteroatoms. The van der Waals surface area contributed by atoms with E-state index in [0.717, 1.165) is 23.4 Å². The van der Waals surface area contributed by atoms with E-state index in [1.165, 1.54) is 0 Å². The van der Waals surface area contributed by atoms with Crippen LogP contribution in [0.1, 0.15) is 28.7 Å². The van der Waals surface area contributed by atoms with Gasteiger partial charge in [-0.2, -0.15) is 0 Å². The van der Waals surface area contributed by atoms with E-state index in [0.29, 0.717) is 5.82 Å². The summed E-state index contributed by atoms with van der Waals surface area (Å²) in [5.41, 5.74) is 3.00. The summed E-state index contributed by atoms with van der Waals surface area (Å²) in [5, 5.41) is 8.84. The Balaban J connectivity index is 2.42. The zero-order valence-corrected chi connectivity index (χ0v) is 10.3. The van der Waals surface area contributed by atoms with Crippen molar-refractivity contribution in [1.82, 2.24) is 9.97 Å². The number of carboxylic acid groups (broad SMARTS) is 1. The number of rotatable bonds is 3. The standard InChI is InChI=1S/C14H14N2O2/c1-3-12-8-9(2)15-13(16-12)10-4-6-11(7-5-10)14(17)18/h4-8H,3H2,1-2H3,(H,17,18). The van der Waals surface area contributed by atoms with Gasteiger partial charge < -0.3 is 5.11 Å². The first-order chi connectivity index (χ1) is 8.60. The number of aromatic nitrogens is 2. The summed E-state index contributed by atoms with van der Waals surface area (Å²) in [6.07, 6.45) is 0.851. The number of nitrogens with zero attached hydrogens (tertiary/aromatic N) is 2. The number of aryl methyl sites for hydroxylation is 2. The first-order valence-corrected chi connectivity index (χ1v) is 5.78. The van der Waals surface area contributed by atoms with Crippen molar-refractivity contribution in [2.24, 2.45) is 0 Å². The third kappa shape index (κ3) is 2.53. The van der Waals surface area contributed by atoms with Crippen LogP contribution in [-0.4, -0.2) is 21.0 Å². The molecule has 0 aliphatic rings. The molecule has 1 aromatic heterocycles. The molecule has 2 aromatic rings. The molecule has 0 saturated carbocycles. The van der Waals surface area contributed by atoms with Crippen LogP contribution in [0, 0.1) is 6.92 Å². The number of carbonyl (C=O) groups is 1. The lowest BCUT2D eigenvalue weighted by atomic mass is 10.1. The summed E-state index contributed by atoms with van der Waals surface area (Å²) >= 11 is 0. The van der Waals surface area contributed by atoms with Gasteiger partial charge in [-0.05, 0) is 31.5 Å². The number of benzene rings is 1. The molecule has 1 heterocycles. The molecule has 2 rings (SSSR count). The molecule has 0 saturated heterocycles. The van der Waals surface area contributed by atoms with Gasteiger partial charge in [0.15, 0.2) is 5.82 Å². The largest absolute Gasteiger partial charge is 0.478 e. The van der Waals surface area contributed by atoms with Crippen LogP contribution in [0.5, 0.6) is 0 Å². The highest BCUT2D eigenvalue weighted by atomic mass is 16.4. The molecule has 0 aliphatic heterocycles. The van der Waals surface area contributed by atoms with Crippen molar-refractivity contribution in [3.63, 3.8) is 0 Å². The number of hydrogen-bond acceptors (Lipinski definition) is 3. The molecule has 0 fully saturated rings. The fourth-order valence-electron chi connectivity index (χ4n) is 1.71. The summed E-state index contributed by atoms with van der Waals surface area (Å²) in [5.74, 6) is -0.287. The van der Waals surface area contributed by atoms with Crippen LogP contribution in [0.15, 0.2) is 30.3 Å². The van der Waals surface area contributed by atoms with Crippen LogP contribution in [-0.2, 0) is 6.42 Å².